The number of nitrogens with two attached hydrogens (primary N) is 2. The quantitative estimate of drug-likeness (QED) is 0.286. The van der Waals surface area contributed by atoms with E-state index in [2.05, 4.69) is 0 Å². The maximum absolute atomic E-state index is 11.2. The number of carbonyl (C=O) groups excluding carboxylic acids is 2. The monoisotopic (exact) mass is 224 g/mol. The van der Waals surface area contributed by atoms with Crippen molar-refractivity contribution in [2.24, 2.45) is 11.7 Å². The number of nitrogen functional groups attached to an aromatic ring is 1. The van der Waals surface area contributed by atoms with E-state index >= 15 is 0 Å². The zero-order valence-corrected chi connectivity index (χ0v) is 8.40. The molecule has 0 aliphatic carbocycles. The van der Waals surface area contributed by atoms with E-state index in [-0.39, 0.29) is 6.61 Å². The van der Waals surface area contributed by atoms with Crippen molar-refractivity contribution >= 4 is 11.8 Å². The number of amides is 2. The fourth-order valence-electron chi connectivity index (χ4n) is 1.00. The summed E-state index contributed by atoms with van der Waals surface area (Å²) in [7, 11) is 0. The standard InChI is InChI=1S/C9H12N4O3/c10-12-8(14)5-16-7-3-1-2-6(4-7)9(15)13-11/h1-4H,5,10-11H2,(H,12,14)(H,13,15). The highest BCUT2D eigenvalue weighted by atomic mass is 16.5. The molecule has 0 saturated heterocycles. The van der Waals surface area contributed by atoms with Crippen LogP contribution in [0.4, 0.5) is 0 Å². The Kier molecular flexibility index (Phi) is 4.25. The molecular weight excluding hydrogens is 212 g/mol. The van der Waals surface area contributed by atoms with E-state index in [4.69, 9.17) is 16.4 Å². The maximum atomic E-state index is 11.2. The zero-order valence-electron chi connectivity index (χ0n) is 8.40. The van der Waals surface area contributed by atoms with E-state index in [1.807, 2.05) is 10.9 Å². The molecule has 1 aromatic rings. The van der Waals surface area contributed by atoms with Gasteiger partial charge in [0.15, 0.2) is 6.61 Å². The van der Waals surface area contributed by atoms with Gasteiger partial charge in [-0.3, -0.25) is 20.4 Å². The fraction of sp³-hybridized carbons (Fsp3) is 0.111. The number of benzene rings is 1. The van der Waals surface area contributed by atoms with Crippen LogP contribution in [-0.4, -0.2) is 18.4 Å². The van der Waals surface area contributed by atoms with Crippen molar-refractivity contribution in [3.8, 4) is 5.75 Å². The zero-order chi connectivity index (χ0) is 12.0. The summed E-state index contributed by atoms with van der Waals surface area (Å²) in [5, 5.41) is 0. The molecule has 0 spiro atoms. The first-order chi connectivity index (χ1) is 7.67. The third-order valence-corrected chi connectivity index (χ3v) is 1.76. The van der Waals surface area contributed by atoms with Gasteiger partial charge in [-0.2, -0.15) is 0 Å². The summed E-state index contributed by atoms with van der Waals surface area (Å²) in [4.78, 5) is 22.0. The Balaban J connectivity index is 2.67. The second-order valence-corrected chi connectivity index (χ2v) is 2.86. The van der Waals surface area contributed by atoms with Crippen molar-refractivity contribution in [1.29, 1.82) is 0 Å². The Bertz CT molecular complexity index is 394. The van der Waals surface area contributed by atoms with E-state index < -0.39 is 11.8 Å². The van der Waals surface area contributed by atoms with E-state index in [1.54, 1.807) is 18.2 Å². The van der Waals surface area contributed by atoms with E-state index in [1.165, 1.54) is 6.07 Å². The molecule has 0 aliphatic rings. The molecule has 86 valence electrons. The number of hydrogen-bond donors (Lipinski definition) is 4. The molecule has 0 fully saturated rings. The summed E-state index contributed by atoms with van der Waals surface area (Å²) in [6, 6.07) is 6.25. The normalized spacial score (nSPS) is 9.38. The van der Waals surface area contributed by atoms with Gasteiger partial charge in [0.1, 0.15) is 5.75 Å². The molecule has 0 aliphatic heterocycles. The van der Waals surface area contributed by atoms with Crippen LogP contribution in [-0.2, 0) is 4.79 Å². The summed E-state index contributed by atoms with van der Waals surface area (Å²) in [6.45, 7) is -0.218. The summed E-state index contributed by atoms with van der Waals surface area (Å²) in [6.07, 6.45) is 0. The third kappa shape index (κ3) is 3.23. The first-order valence-electron chi connectivity index (χ1n) is 4.40. The lowest BCUT2D eigenvalue weighted by molar-refractivity contribution is -0.123. The molecular formula is C9H12N4O3. The maximum Gasteiger partial charge on any atom is 0.271 e. The number of hydrogen-bond acceptors (Lipinski definition) is 5. The van der Waals surface area contributed by atoms with Gasteiger partial charge in [0.2, 0.25) is 0 Å². The molecule has 6 N–H and O–H groups in total. The molecule has 0 radical (unpaired) electrons. The summed E-state index contributed by atoms with van der Waals surface area (Å²) < 4.78 is 5.08. The molecule has 0 unspecified atom stereocenters. The van der Waals surface area contributed by atoms with Gasteiger partial charge >= 0.3 is 0 Å². The average Bonchev–Trinajstić information content (AvgIpc) is 2.35. The number of nitrogens with one attached hydrogen (secondary N) is 2. The number of rotatable bonds is 4. The van der Waals surface area contributed by atoms with Gasteiger partial charge in [0.05, 0.1) is 0 Å². The van der Waals surface area contributed by atoms with Crippen molar-refractivity contribution in [2.45, 2.75) is 0 Å². The Morgan fingerprint density at radius 3 is 2.62 bits per heavy atom. The second kappa shape index (κ2) is 5.69. The van der Waals surface area contributed by atoms with Crippen LogP contribution in [0, 0.1) is 0 Å². The molecule has 16 heavy (non-hydrogen) atoms. The van der Waals surface area contributed by atoms with Crippen LogP contribution in [0.25, 0.3) is 0 Å². The van der Waals surface area contributed by atoms with Crippen molar-refractivity contribution in [3.63, 3.8) is 0 Å². The Morgan fingerprint density at radius 2 is 2.00 bits per heavy atom. The number of carbonyl (C=O) groups is 2. The number of hydrazine groups is 2. The molecule has 2 amide bonds. The molecule has 7 nitrogen and oxygen atoms in total. The van der Waals surface area contributed by atoms with Gasteiger partial charge in [-0.15, -0.1) is 0 Å². The highest BCUT2D eigenvalue weighted by Gasteiger charge is 2.05. The Labute approximate surface area is 91.7 Å². The van der Waals surface area contributed by atoms with Crippen LogP contribution in [0.15, 0.2) is 24.3 Å². The first kappa shape index (κ1) is 12.0. The molecule has 7 heteroatoms. The molecule has 0 aromatic heterocycles. The van der Waals surface area contributed by atoms with E-state index in [9.17, 15) is 9.59 Å². The van der Waals surface area contributed by atoms with Gasteiger partial charge in [0.25, 0.3) is 11.8 Å². The molecule has 0 saturated carbocycles. The van der Waals surface area contributed by atoms with Crippen LogP contribution in [0.2, 0.25) is 0 Å². The smallest absolute Gasteiger partial charge is 0.271 e. The van der Waals surface area contributed by atoms with Crippen molar-refractivity contribution in [2.75, 3.05) is 6.61 Å². The van der Waals surface area contributed by atoms with Gasteiger partial charge < -0.3 is 4.74 Å². The lowest BCUT2D eigenvalue weighted by Crippen LogP contribution is -2.34. The molecule has 1 aromatic carbocycles. The van der Waals surface area contributed by atoms with Crippen molar-refractivity contribution < 1.29 is 14.3 Å². The SMILES string of the molecule is NNC(=O)COc1cccc(C(=O)NN)c1. The third-order valence-electron chi connectivity index (χ3n) is 1.76. The van der Waals surface area contributed by atoms with Crippen LogP contribution in [0.5, 0.6) is 5.75 Å². The van der Waals surface area contributed by atoms with Crippen LogP contribution < -0.4 is 27.3 Å². The molecule has 1 rings (SSSR count). The topological polar surface area (TPSA) is 119 Å². The summed E-state index contributed by atoms with van der Waals surface area (Å²) >= 11 is 0. The predicted molar refractivity (Wildman–Crippen MR) is 55.9 cm³/mol. The van der Waals surface area contributed by atoms with Crippen molar-refractivity contribution in [1.82, 2.24) is 10.9 Å². The molecule has 0 heterocycles. The predicted octanol–water partition coefficient (Wildman–Crippen LogP) is -1.34. The fourth-order valence-corrected chi connectivity index (χ4v) is 1.00. The van der Waals surface area contributed by atoms with Gasteiger partial charge in [-0.25, -0.2) is 11.7 Å². The Morgan fingerprint density at radius 1 is 1.25 bits per heavy atom. The minimum Gasteiger partial charge on any atom is -0.484 e. The highest BCUT2D eigenvalue weighted by molar-refractivity contribution is 5.94. The van der Waals surface area contributed by atoms with Gasteiger partial charge in [-0.1, -0.05) is 6.07 Å². The highest BCUT2D eigenvalue weighted by Crippen LogP contribution is 2.12. The number of ether oxygens (including phenoxy) is 1. The molecule has 0 bridgehead atoms. The van der Waals surface area contributed by atoms with Crippen molar-refractivity contribution in [3.05, 3.63) is 29.8 Å². The lowest BCUT2D eigenvalue weighted by Gasteiger charge is -2.06. The Hall–Kier alpha value is -2.12. The van der Waals surface area contributed by atoms with E-state index in [0.29, 0.717) is 11.3 Å². The first-order valence-corrected chi connectivity index (χ1v) is 4.40. The second-order valence-electron chi connectivity index (χ2n) is 2.86. The van der Waals surface area contributed by atoms with Crippen LogP contribution >= 0.6 is 0 Å². The lowest BCUT2D eigenvalue weighted by atomic mass is 10.2. The summed E-state index contributed by atoms with van der Waals surface area (Å²) in [5.41, 5.74) is 4.25. The minimum atomic E-state index is -0.464. The van der Waals surface area contributed by atoms with Gasteiger partial charge in [-0.05, 0) is 18.2 Å². The largest absolute Gasteiger partial charge is 0.484 e. The average molecular weight is 224 g/mol. The van der Waals surface area contributed by atoms with Crippen LogP contribution in [0.1, 0.15) is 10.4 Å². The summed E-state index contributed by atoms with van der Waals surface area (Å²) in [5.74, 6) is 9.33. The van der Waals surface area contributed by atoms with Crippen LogP contribution in [0.3, 0.4) is 0 Å². The molecule has 0 atom stereocenters. The van der Waals surface area contributed by atoms with Gasteiger partial charge in [0, 0.05) is 5.56 Å². The minimum absolute atomic E-state index is 0.218. The van der Waals surface area contributed by atoms with E-state index in [0.717, 1.165) is 0 Å².